The molecule has 19 heavy (non-hydrogen) atoms. The first-order valence-corrected chi connectivity index (χ1v) is 5.65. The van der Waals surface area contributed by atoms with Crippen molar-refractivity contribution in [1.82, 2.24) is 0 Å². The van der Waals surface area contributed by atoms with Gasteiger partial charge < -0.3 is 4.74 Å². The van der Waals surface area contributed by atoms with E-state index in [1.807, 2.05) is 0 Å². The van der Waals surface area contributed by atoms with Crippen molar-refractivity contribution < 1.29 is 22.7 Å². The largest absolute Gasteiger partial charge is 0.443 e. The van der Waals surface area contributed by atoms with Gasteiger partial charge in [0.05, 0.1) is 5.56 Å². The summed E-state index contributed by atoms with van der Waals surface area (Å²) in [4.78, 5) is 12.9. The van der Waals surface area contributed by atoms with Gasteiger partial charge in [0.2, 0.25) is 0 Å². The third kappa shape index (κ3) is 4.46. The van der Waals surface area contributed by atoms with Crippen LogP contribution >= 0.6 is 0 Å². The van der Waals surface area contributed by atoms with Crippen molar-refractivity contribution in [3.05, 3.63) is 29.8 Å². The molecule has 0 aromatic heterocycles. The van der Waals surface area contributed by atoms with E-state index in [-0.39, 0.29) is 0 Å². The van der Waals surface area contributed by atoms with E-state index in [9.17, 15) is 18.0 Å². The lowest BCUT2D eigenvalue weighted by Gasteiger charge is -2.24. The smallest absolute Gasteiger partial charge is 0.416 e. The maximum atomic E-state index is 12.4. The average molecular weight is 275 g/mol. The fraction of sp³-hybridized carbons (Fsp3) is 0.462. The van der Waals surface area contributed by atoms with Crippen molar-refractivity contribution in [2.45, 2.75) is 32.5 Å². The SMILES string of the molecule is CN(C(=O)OC(C)(C)C)c1ccc(C(F)(F)F)cc1. The number of amides is 1. The highest BCUT2D eigenvalue weighted by Gasteiger charge is 2.30. The highest BCUT2D eigenvalue weighted by molar-refractivity contribution is 5.87. The Morgan fingerprint density at radius 2 is 1.58 bits per heavy atom. The van der Waals surface area contributed by atoms with E-state index in [1.165, 1.54) is 19.2 Å². The van der Waals surface area contributed by atoms with Crippen LogP contribution in [0.1, 0.15) is 26.3 Å². The van der Waals surface area contributed by atoms with Gasteiger partial charge in [-0.05, 0) is 45.0 Å². The van der Waals surface area contributed by atoms with Gasteiger partial charge in [-0.3, -0.25) is 4.90 Å². The van der Waals surface area contributed by atoms with E-state index in [4.69, 9.17) is 4.74 Å². The van der Waals surface area contributed by atoms with Crippen molar-refractivity contribution in [3.63, 3.8) is 0 Å². The molecule has 0 saturated heterocycles. The van der Waals surface area contributed by atoms with E-state index >= 15 is 0 Å². The number of anilines is 1. The number of nitrogens with zero attached hydrogens (tertiary/aromatic N) is 1. The Balaban J connectivity index is 2.84. The topological polar surface area (TPSA) is 29.5 Å². The third-order valence-corrected chi connectivity index (χ3v) is 2.25. The van der Waals surface area contributed by atoms with Crippen molar-refractivity contribution in [3.8, 4) is 0 Å². The highest BCUT2D eigenvalue weighted by Crippen LogP contribution is 2.30. The fourth-order valence-corrected chi connectivity index (χ4v) is 1.31. The van der Waals surface area contributed by atoms with Gasteiger partial charge in [0.1, 0.15) is 5.60 Å². The van der Waals surface area contributed by atoms with Crippen LogP contribution in [0.25, 0.3) is 0 Å². The van der Waals surface area contributed by atoms with Gasteiger partial charge >= 0.3 is 12.3 Å². The molecule has 0 unspecified atom stereocenters. The minimum Gasteiger partial charge on any atom is -0.443 e. The molecule has 0 atom stereocenters. The Kier molecular flexibility index (Phi) is 4.12. The molecule has 0 aliphatic rings. The number of ether oxygens (including phenoxy) is 1. The van der Waals surface area contributed by atoms with Gasteiger partial charge in [0.15, 0.2) is 0 Å². The lowest BCUT2D eigenvalue weighted by Crippen LogP contribution is -2.34. The molecule has 1 amide bonds. The van der Waals surface area contributed by atoms with E-state index in [2.05, 4.69) is 0 Å². The molecule has 0 N–H and O–H groups in total. The number of carbonyl (C=O) groups excluding carboxylic acids is 1. The molecule has 1 aromatic rings. The second-order valence-corrected chi connectivity index (χ2v) is 5.08. The zero-order valence-corrected chi connectivity index (χ0v) is 11.2. The molecule has 6 heteroatoms. The molecule has 0 saturated carbocycles. The van der Waals surface area contributed by atoms with Crippen molar-refractivity contribution in [1.29, 1.82) is 0 Å². The Morgan fingerprint density at radius 3 is 1.95 bits per heavy atom. The minimum atomic E-state index is -4.39. The summed E-state index contributed by atoms with van der Waals surface area (Å²) < 4.78 is 42.3. The lowest BCUT2D eigenvalue weighted by molar-refractivity contribution is -0.137. The maximum absolute atomic E-state index is 12.4. The summed E-state index contributed by atoms with van der Waals surface area (Å²) in [7, 11) is 1.44. The molecule has 0 heterocycles. The molecule has 0 aliphatic carbocycles. The number of benzene rings is 1. The van der Waals surface area contributed by atoms with Crippen LogP contribution in [0.15, 0.2) is 24.3 Å². The van der Waals surface area contributed by atoms with Crippen LogP contribution in [-0.4, -0.2) is 18.7 Å². The Bertz CT molecular complexity index is 446. The second-order valence-electron chi connectivity index (χ2n) is 5.08. The predicted molar refractivity (Wildman–Crippen MR) is 66.1 cm³/mol. The van der Waals surface area contributed by atoms with Crippen molar-refractivity contribution in [2.24, 2.45) is 0 Å². The minimum absolute atomic E-state index is 0.335. The summed E-state index contributed by atoms with van der Waals surface area (Å²) in [6, 6.07) is 4.31. The summed E-state index contributed by atoms with van der Waals surface area (Å²) in [5.41, 5.74) is -1.08. The molecule has 0 fully saturated rings. The van der Waals surface area contributed by atoms with Gasteiger partial charge in [-0.15, -0.1) is 0 Å². The highest BCUT2D eigenvalue weighted by atomic mass is 19.4. The van der Waals surface area contributed by atoms with Gasteiger partial charge in [0.25, 0.3) is 0 Å². The molecule has 106 valence electrons. The van der Waals surface area contributed by atoms with Gasteiger partial charge in [-0.25, -0.2) is 4.79 Å². The number of hydrogen-bond acceptors (Lipinski definition) is 2. The van der Waals surface area contributed by atoms with E-state index in [0.717, 1.165) is 17.0 Å². The van der Waals surface area contributed by atoms with E-state index < -0.39 is 23.4 Å². The van der Waals surface area contributed by atoms with Gasteiger partial charge in [-0.2, -0.15) is 13.2 Å². The Morgan fingerprint density at radius 1 is 1.11 bits per heavy atom. The first kappa shape index (κ1) is 15.3. The van der Waals surface area contributed by atoms with Crippen LogP contribution in [0, 0.1) is 0 Å². The third-order valence-electron chi connectivity index (χ3n) is 2.25. The molecule has 0 bridgehead atoms. The number of alkyl halides is 3. The first-order chi connectivity index (χ1) is 8.50. The molecule has 0 spiro atoms. The van der Waals surface area contributed by atoms with Crippen LogP contribution in [0.2, 0.25) is 0 Å². The summed E-state index contributed by atoms with van der Waals surface area (Å²) in [5, 5.41) is 0. The van der Waals surface area contributed by atoms with Crippen LogP contribution < -0.4 is 4.90 Å². The quantitative estimate of drug-likeness (QED) is 0.773. The number of hydrogen-bond donors (Lipinski definition) is 0. The maximum Gasteiger partial charge on any atom is 0.416 e. The van der Waals surface area contributed by atoms with Crippen LogP contribution in [0.5, 0.6) is 0 Å². The number of rotatable bonds is 1. The number of carbonyl (C=O) groups is 1. The standard InChI is InChI=1S/C13H16F3NO2/c1-12(2,3)19-11(18)17(4)10-7-5-9(6-8-10)13(14,15)16/h5-8H,1-4H3. The summed E-state index contributed by atoms with van der Waals surface area (Å²) >= 11 is 0. The van der Waals surface area contributed by atoms with Gasteiger partial charge in [-0.1, -0.05) is 0 Å². The van der Waals surface area contributed by atoms with E-state index in [1.54, 1.807) is 20.8 Å². The second kappa shape index (κ2) is 5.11. The summed E-state index contributed by atoms with van der Waals surface area (Å²) in [6.45, 7) is 5.14. The molecular formula is C13H16F3NO2. The molecule has 1 rings (SSSR count). The molecule has 0 radical (unpaired) electrons. The molecule has 0 aliphatic heterocycles. The van der Waals surface area contributed by atoms with Crippen molar-refractivity contribution in [2.75, 3.05) is 11.9 Å². The summed E-state index contributed by atoms with van der Waals surface area (Å²) in [6.07, 6.45) is -5.00. The lowest BCUT2D eigenvalue weighted by atomic mass is 10.2. The van der Waals surface area contributed by atoms with Crippen LogP contribution in [0.3, 0.4) is 0 Å². The number of halogens is 3. The van der Waals surface area contributed by atoms with Crippen LogP contribution in [-0.2, 0) is 10.9 Å². The first-order valence-electron chi connectivity index (χ1n) is 5.65. The zero-order chi connectivity index (χ0) is 14.8. The van der Waals surface area contributed by atoms with Crippen molar-refractivity contribution >= 4 is 11.8 Å². The Hall–Kier alpha value is -1.72. The fourth-order valence-electron chi connectivity index (χ4n) is 1.31. The average Bonchev–Trinajstić information content (AvgIpc) is 2.24. The molecule has 1 aromatic carbocycles. The monoisotopic (exact) mass is 275 g/mol. The normalized spacial score (nSPS) is 12.2. The predicted octanol–water partition coefficient (Wildman–Crippen LogP) is 4.08. The summed E-state index contributed by atoms with van der Waals surface area (Å²) in [5.74, 6) is 0. The van der Waals surface area contributed by atoms with E-state index in [0.29, 0.717) is 5.69 Å². The molecular weight excluding hydrogens is 259 g/mol. The zero-order valence-electron chi connectivity index (χ0n) is 11.2. The van der Waals surface area contributed by atoms with Crippen LogP contribution in [0.4, 0.5) is 23.7 Å². The molecule has 3 nitrogen and oxygen atoms in total. The Labute approximate surface area is 110 Å². The van der Waals surface area contributed by atoms with Gasteiger partial charge in [0, 0.05) is 12.7 Å².